The van der Waals surface area contributed by atoms with Crippen molar-refractivity contribution in [2.75, 3.05) is 0 Å². The molecule has 2 aromatic carbocycles. The molecule has 2 aromatic rings. The Hall–Kier alpha value is -0.496. The Morgan fingerprint density at radius 3 is 1.58 bits per heavy atom. The van der Waals surface area contributed by atoms with Gasteiger partial charge in [-0.15, -0.1) is 0 Å². The topological polar surface area (TPSA) is 0 Å². The van der Waals surface area contributed by atoms with Gasteiger partial charge in [-0.05, 0) is 0 Å². The van der Waals surface area contributed by atoms with E-state index in [0.717, 1.165) is 6.42 Å². The number of rotatable bonds is 3. The summed E-state index contributed by atoms with van der Waals surface area (Å²) in [7, 11) is 0. The predicted molar refractivity (Wildman–Crippen MR) is 94.2 cm³/mol. The molecule has 0 amide bonds. The average Bonchev–Trinajstić information content (AvgIpc) is 2.76. The van der Waals surface area contributed by atoms with E-state index < -0.39 is 0 Å². The van der Waals surface area contributed by atoms with Crippen LogP contribution >= 0.6 is 0 Å². The molecule has 136 valence electrons. The van der Waals surface area contributed by atoms with E-state index in [1.165, 1.54) is 37.3 Å². The van der Waals surface area contributed by atoms with Crippen LogP contribution in [0.4, 0.5) is 0 Å². The Kier molecular flexibility index (Phi) is 10.5. The maximum absolute atomic E-state index is 2.34. The first-order valence-electron chi connectivity index (χ1n) is 8.22. The second-order valence-electron chi connectivity index (χ2n) is 6.74. The first-order valence-corrected chi connectivity index (χ1v) is 9.00. The Bertz CT molecular complexity index is 776. The van der Waals surface area contributed by atoms with E-state index in [9.17, 15) is 0 Å². The molecule has 0 radical (unpaired) electrons. The summed E-state index contributed by atoms with van der Waals surface area (Å²) in [6.45, 7) is 8.90. The van der Waals surface area contributed by atoms with Crippen molar-refractivity contribution < 1.29 is 57.7 Å². The molecule has 0 atom stereocenters. The fraction of sp³-hybridized carbons (Fsp3) is 0.273. The molecule has 0 N–H and O–H groups in total. The van der Waals surface area contributed by atoms with Crippen LogP contribution in [0.15, 0.2) is 69.1 Å². The zero-order valence-corrected chi connectivity index (χ0v) is 19.4. The summed E-state index contributed by atoms with van der Waals surface area (Å²) in [6.07, 6.45) is 1.10. The fourth-order valence-electron chi connectivity index (χ4n) is 3.50. The van der Waals surface area contributed by atoms with Gasteiger partial charge in [0.05, 0.1) is 0 Å². The van der Waals surface area contributed by atoms with Crippen LogP contribution < -0.4 is 37.2 Å². The maximum atomic E-state index is 2.34. The molecule has 0 nitrogen and oxygen atoms in total. The van der Waals surface area contributed by atoms with E-state index in [4.69, 9.17) is 0 Å². The monoisotopic (exact) mass is 440 g/mol. The van der Waals surface area contributed by atoms with Gasteiger partial charge in [-0.2, -0.15) is 0 Å². The number of benzene rings is 2. The van der Waals surface area contributed by atoms with Gasteiger partial charge in [-0.1, -0.05) is 0 Å². The van der Waals surface area contributed by atoms with Crippen LogP contribution in [-0.4, -0.2) is 0 Å². The van der Waals surface area contributed by atoms with E-state index >= 15 is 0 Å². The average molecular weight is 442 g/mol. The number of hydrogen-bond donors (Lipinski definition) is 0. The zero-order chi connectivity index (χ0) is 16.6. The van der Waals surface area contributed by atoms with Crippen molar-refractivity contribution in [2.24, 2.45) is 0 Å². The first kappa shape index (κ1) is 25.5. The molecule has 1 aliphatic carbocycles. The third kappa shape index (κ3) is 5.27. The Morgan fingerprint density at radius 1 is 0.769 bits per heavy atom. The summed E-state index contributed by atoms with van der Waals surface area (Å²) >= 11 is 2.29. The van der Waals surface area contributed by atoms with Crippen LogP contribution in [0.3, 0.4) is 0 Å². The summed E-state index contributed by atoms with van der Waals surface area (Å²) in [5.41, 5.74) is 10.0. The Labute approximate surface area is 188 Å². The van der Waals surface area contributed by atoms with Gasteiger partial charge in [0.1, 0.15) is 0 Å². The second-order valence-corrected chi connectivity index (χ2v) is 7.52. The van der Waals surface area contributed by atoms with Gasteiger partial charge in [0.2, 0.25) is 0 Å². The van der Waals surface area contributed by atoms with Crippen molar-refractivity contribution in [3.05, 3.63) is 91.4 Å². The van der Waals surface area contributed by atoms with Crippen molar-refractivity contribution in [3.63, 3.8) is 0 Å². The molecule has 0 fully saturated rings. The molecule has 4 heteroatoms. The van der Waals surface area contributed by atoms with Gasteiger partial charge in [0.25, 0.3) is 0 Å². The van der Waals surface area contributed by atoms with Crippen LogP contribution in [0.25, 0.3) is 0 Å². The first-order chi connectivity index (χ1) is 11.0. The molecule has 3 rings (SSSR count). The fourth-order valence-corrected chi connectivity index (χ4v) is 4.20. The van der Waals surface area contributed by atoms with Crippen LogP contribution in [0.2, 0.25) is 0 Å². The minimum atomic E-state index is 0. The van der Waals surface area contributed by atoms with Crippen LogP contribution in [-0.2, 0) is 20.4 Å². The molecule has 26 heavy (non-hydrogen) atoms. The van der Waals surface area contributed by atoms with Gasteiger partial charge < -0.3 is 37.2 Å². The van der Waals surface area contributed by atoms with Gasteiger partial charge in [-0.3, -0.25) is 0 Å². The van der Waals surface area contributed by atoms with E-state index in [1.807, 2.05) is 0 Å². The van der Waals surface area contributed by atoms with Gasteiger partial charge in [0, 0.05) is 0 Å². The quantitative estimate of drug-likeness (QED) is 0.445. The molecule has 0 heterocycles. The third-order valence-electron chi connectivity index (χ3n) is 4.89. The van der Waals surface area contributed by atoms with Gasteiger partial charge in [0.15, 0.2) is 0 Å². The Balaban J connectivity index is 0.00000208. The van der Waals surface area contributed by atoms with Crippen LogP contribution in [0.5, 0.6) is 0 Å². The molecule has 0 unspecified atom stereocenters. The minimum Gasteiger partial charge on any atom is -1.00 e. The summed E-state index contributed by atoms with van der Waals surface area (Å²) in [5.74, 6) is 0.363. The molecular formula is C22H23Cl3Ti. The molecule has 0 aliphatic heterocycles. The van der Waals surface area contributed by atoms with Gasteiger partial charge in [-0.25, -0.2) is 0 Å². The number of allylic oxidation sites excluding steroid dienone is 4. The summed E-state index contributed by atoms with van der Waals surface area (Å²) < 4.78 is 1.48. The normalized spacial score (nSPS) is 13.3. The molecule has 0 bridgehead atoms. The molecule has 0 spiro atoms. The van der Waals surface area contributed by atoms with Crippen molar-refractivity contribution in [1.29, 1.82) is 0 Å². The SMILES string of the molecule is CC1=C(C)[C]([Ti+3])=C(C(c2cccc(C)c2)c2cccc(C)c2)C1.[Cl-].[Cl-].[Cl-]. The Morgan fingerprint density at radius 2 is 1.23 bits per heavy atom. The van der Waals surface area contributed by atoms with Gasteiger partial charge >= 0.3 is 152 Å². The predicted octanol–water partition coefficient (Wildman–Crippen LogP) is -3.01. The summed E-state index contributed by atoms with van der Waals surface area (Å²) in [6, 6.07) is 18.0. The second kappa shape index (κ2) is 10.7. The minimum absolute atomic E-state index is 0. The van der Waals surface area contributed by atoms with Crippen molar-refractivity contribution in [3.8, 4) is 0 Å². The number of halogens is 3. The van der Waals surface area contributed by atoms with E-state index in [-0.39, 0.29) is 37.2 Å². The molecule has 0 saturated heterocycles. The maximum Gasteiger partial charge on any atom is -1.00 e. The molecule has 0 saturated carbocycles. The van der Waals surface area contributed by atoms with Crippen LogP contribution in [0, 0.1) is 13.8 Å². The van der Waals surface area contributed by atoms with E-state index in [1.54, 1.807) is 5.57 Å². The largest absolute Gasteiger partial charge is 1.00 e. The molecular weight excluding hydrogens is 418 g/mol. The zero-order valence-electron chi connectivity index (χ0n) is 15.5. The third-order valence-corrected chi connectivity index (χ3v) is 5.98. The molecule has 0 aromatic heterocycles. The van der Waals surface area contributed by atoms with E-state index in [2.05, 4.69) is 96.7 Å². The van der Waals surface area contributed by atoms with Crippen molar-refractivity contribution in [2.45, 2.75) is 40.0 Å². The van der Waals surface area contributed by atoms with E-state index in [0.29, 0.717) is 5.92 Å². The smallest absolute Gasteiger partial charge is 1.00 e. The molecule has 1 aliphatic rings. The standard InChI is InChI=1S/C22H23.3ClH.Ti/c1-15-7-5-9-19(11-15)22(20-10-6-8-16(2)12-20)21-13-17(3)18(4)14-21;;;;/h5-12,22H,13H2,1-4H3;3*1H;/q;;;;+3/p-3. The summed E-state index contributed by atoms with van der Waals surface area (Å²) in [4.78, 5) is 0. The summed E-state index contributed by atoms with van der Waals surface area (Å²) in [5, 5.41) is 0. The van der Waals surface area contributed by atoms with Crippen molar-refractivity contribution >= 4 is 0 Å². The van der Waals surface area contributed by atoms with Crippen LogP contribution in [0.1, 0.15) is 48.4 Å². The number of hydrogen-bond acceptors (Lipinski definition) is 0. The number of aryl methyl sites for hydroxylation is 2. The van der Waals surface area contributed by atoms with Crippen molar-refractivity contribution in [1.82, 2.24) is 0 Å².